The van der Waals surface area contributed by atoms with Crippen LogP contribution in [0.4, 0.5) is 0 Å². The number of nitrogens with one attached hydrogen (secondary N) is 1. The molecule has 2 fully saturated rings. The van der Waals surface area contributed by atoms with Gasteiger partial charge in [0.25, 0.3) is 0 Å². The highest BCUT2D eigenvalue weighted by atomic mass is 32.1. The fraction of sp³-hybridized carbons (Fsp3) is 0.474. The molecule has 0 bridgehead atoms. The summed E-state index contributed by atoms with van der Waals surface area (Å²) in [6.07, 6.45) is 6.40. The van der Waals surface area contributed by atoms with Crippen molar-refractivity contribution in [3.63, 3.8) is 0 Å². The molecule has 4 rings (SSSR count). The molecule has 0 aromatic carbocycles. The van der Waals surface area contributed by atoms with Crippen LogP contribution in [-0.4, -0.2) is 50.5 Å². The van der Waals surface area contributed by atoms with E-state index >= 15 is 0 Å². The van der Waals surface area contributed by atoms with E-state index in [9.17, 15) is 5.11 Å². The predicted molar refractivity (Wildman–Crippen MR) is 103 cm³/mol. The lowest BCUT2D eigenvalue weighted by Crippen LogP contribution is -2.33. The van der Waals surface area contributed by atoms with Crippen molar-refractivity contribution in [3.8, 4) is 0 Å². The van der Waals surface area contributed by atoms with Crippen molar-refractivity contribution in [3.05, 3.63) is 54.1 Å². The first kappa shape index (κ1) is 17.5. The highest BCUT2D eigenvalue weighted by Crippen LogP contribution is 2.38. The molecule has 0 radical (unpaired) electrons. The van der Waals surface area contributed by atoms with Gasteiger partial charge in [-0.05, 0) is 49.3 Å². The van der Waals surface area contributed by atoms with Crippen molar-refractivity contribution < 1.29 is 9.84 Å². The van der Waals surface area contributed by atoms with Gasteiger partial charge >= 0.3 is 0 Å². The van der Waals surface area contributed by atoms with Gasteiger partial charge in [-0.15, -0.1) is 0 Å². The summed E-state index contributed by atoms with van der Waals surface area (Å²) in [5.41, 5.74) is 2.11. The maximum atomic E-state index is 9.54. The number of aliphatic hydroxyl groups excluding tert-OH is 1. The van der Waals surface area contributed by atoms with Crippen LogP contribution in [0.15, 0.2) is 42.7 Å². The molecule has 0 saturated carbocycles. The SMILES string of the molecule is OCCN1C(=S)N[C@@H](c2ccccn2)[C@@H]1c1cccn1C[C@@H]1CCCO1. The van der Waals surface area contributed by atoms with E-state index in [2.05, 4.69) is 38.1 Å². The van der Waals surface area contributed by atoms with Crippen LogP contribution in [0, 0.1) is 0 Å². The molecule has 2 N–H and O–H groups in total. The lowest BCUT2D eigenvalue weighted by atomic mass is 10.0. The van der Waals surface area contributed by atoms with Crippen LogP contribution in [0.25, 0.3) is 0 Å². The number of thiocarbonyl (C=S) groups is 1. The second-order valence-corrected chi connectivity index (χ2v) is 7.15. The maximum absolute atomic E-state index is 9.54. The average molecular weight is 372 g/mol. The summed E-state index contributed by atoms with van der Waals surface area (Å²) in [6.45, 7) is 2.24. The van der Waals surface area contributed by atoms with Crippen molar-refractivity contribution in [2.75, 3.05) is 19.8 Å². The number of β-amino-alcohol motifs (C(OH)–C–C–N with tert-alkyl or cyclic N) is 1. The van der Waals surface area contributed by atoms with Gasteiger partial charge in [0.1, 0.15) is 0 Å². The zero-order valence-electron chi connectivity index (χ0n) is 14.6. The molecule has 0 amide bonds. The standard InChI is InChI=1S/C19H24N4O2S/c24-11-10-23-18(17(21-19(23)26)15-6-1-2-8-20-15)16-7-3-9-22(16)13-14-5-4-12-25-14/h1-3,6-9,14,17-18,24H,4-5,10-13H2,(H,21,26)/t14-,17-,18-/m0/s1. The number of rotatable bonds is 6. The third kappa shape index (κ3) is 3.34. The van der Waals surface area contributed by atoms with Crippen molar-refractivity contribution in [1.82, 2.24) is 19.8 Å². The van der Waals surface area contributed by atoms with Crippen LogP contribution in [0.5, 0.6) is 0 Å². The van der Waals surface area contributed by atoms with Gasteiger partial charge in [-0.3, -0.25) is 4.98 Å². The minimum Gasteiger partial charge on any atom is -0.395 e. The van der Waals surface area contributed by atoms with Crippen LogP contribution in [0.2, 0.25) is 0 Å². The molecule has 7 heteroatoms. The van der Waals surface area contributed by atoms with Gasteiger partial charge in [0, 0.05) is 37.8 Å². The second kappa shape index (κ2) is 7.73. The summed E-state index contributed by atoms with van der Waals surface area (Å²) < 4.78 is 8.08. The number of hydrogen-bond acceptors (Lipinski definition) is 4. The molecule has 3 atom stereocenters. The van der Waals surface area contributed by atoms with Crippen molar-refractivity contribution in [2.45, 2.75) is 37.6 Å². The predicted octanol–water partition coefficient (Wildman–Crippen LogP) is 2.03. The Hall–Kier alpha value is -1.96. The fourth-order valence-corrected chi connectivity index (χ4v) is 4.28. The molecule has 6 nitrogen and oxygen atoms in total. The Morgan fingerprint density at radius 1 is 1.31 bits per heavy atom. The number of hydrogen-bond donors (Lipinski definition) is 2. The molecule has 0 unspecified atom stereocenters. The summed E-state index contributed by atoms with van der Waals surface area (Å²) in [4.78, 5) is 6.60. The normalized spacial score (nSPS) is 25.7. The van der Waals surface area contributed by atoms with Gasteiger partial charge < -0.3 is 24.6 Å². The van der Waals surface area contributed by atoms with E-state index in [0.29, 0.717) is 11.7 Å². The van der Waals surface area contributed by atoms with E-state index in [-0.39, 0.29) is 24.8 Å². The van der Waals surface area contributed by atoms with E-state index in [0.717, 1.165) is 37.4 Å². The summed E-state index contributed by atoms with van der Waals surface area (Å²) in [6, 6.07) is 10.1. The van der Waals surface area contributed by atoms with Crippen LogP contribution >= 0.6 is 12.2 Å². The van der Waals surface area contributed by atoms with E-state index < -0.39 is 0 Å². The first-order chi connectivity index (χ1) is 12.8. The van der Waals surface area contributed by atoms with Crippen molar-refractivity contribution in [1.29, 1.82) is 0 Å². The number of pyridine rings is 1. The van der Waals surface area contributed by atoms with Crippen LogP contribution in [0.1, 0.15) is 36.3 Å². The first-order valence-electron chi connectivity index (χ1n) is 9.13. The summed E-state index contributed by atoms with van der Waals surface area (Å²) >= 11 is 5.56. The maximum Gasteiger partial charge on any atom is 0.170 e. The molecule has 2 saturated heterocycles. The molecule has 2 aliphatic rings. The first-order valence-corrected chi connectivity index (χ1v) is 9.54. The fourth-order valence-electron chi connectivity index (χ4n) is 3.95. The van der Waals surface area contributed by atoms with Gasteiger partial charge in [0.2, 0.25) is 0 Å². The number of ether oxygens (including phenoxy) is 1. The van der Waals surface area contributed by atoms with E-state index in [1.54, 1.807) is 6.20 Å². The van der Waals surface area contributed by atoms with E-state index in [1.165, 1.54) is 0 Å². The zero-order chi connectivity index (χ0) is 17.9. The highest BCUT2D eigenvalue weighted by molar-refractivity contribution is 7.80. The number of aliphatic hydroxyl groups is 1. The second-order valence-electron chi connectivity index (χ2n) is 6.76. The minimum absolute atomic E-state index is 0.0130. The number of aromatic nitrogens is 2. The molecule has 0 aliphatic carbocycles. The monoisotopic (exact) mass is 372 g/mol. The van der Waals surface area contributed by atoms with Crippen molar-refractivity contribution >= 4 is 17.3 Å². The molecule has 2 aliphatic heterocycles. The van der Waals surface area contributed by atoms with Gasteiger partial charge in [-0.25, -0.2) is 0 Å². The van der Waals surface area contributed by atoms with Crippen LogP contribution < -0.4 is 5.32 Å². The van der Waals surface area contributed by atoms with Gasteiger partial charge in [0.05, 0.1) is 30.5 Å². The third-order valence-corrected chi connectivity index (χ3v) is 5.48. The van der Waals surface area contributed by atoms with Crippen LogP contribution in [-0.2, 0) is 11.3 Å². The van der Waals surface area contributed by atoms with Gasteiger partial charge in [-0.1, -0.05) is 6.07 Å². The Labute approximate surface area is 158 Å². The zero-order valence-corrected chi connectivity index (χ0v) is 15.4. The molecule has 138 valence electrons. The Morgan fingerprint density at radius 2 is 2.23 bits per heavy atom. The van der Waals surface area contributed by atoms with Crippen LogP contribution in [0.3, 0.4) is 0 Å². The summed E-state index contributed by atoms with van der Waals surface area (Å²) in [5.74, 6) is 0. The highest BCUT2D eigenvalue weighted by Gasteiger charge is 2.40. The third-order valence-electron chi connectivity index (χ3n) is 5.13. The summed E-state index contributed by atoms with van der Waals surface area (Å²) in [5, 5.41) is 13.6. The Kier molecular flexibility index (Phi) is 5.19. The Balaban J connectivity index is 1.68. The van der Waals surface area contributed by atoms with Gasteiger partial charge in [0.15, 0.2) is 5.11 Å². The largest absolute Gasteiger partial charge is 0.395 e. The lowest BCUT2D eigenvalue weighted by molar-refractivity contribution is 0.0951. The minimum atomic E-state index is -0.0478. The molecule has 2 aromatic heterocycles. The smallest absolute Gasteiger partial charge is 0.170 e. The van der Waals surface area contributed by atoms with E-state index in [1.807, 2.05) is 18.2 Å². The summed E-state index contributed by atoms with van der Waals surface area (Å²) in [7, 11) is 0. The number of nitrogens with zero attached hydrogens (tertiary/aromatic N) is 3. The lowest BCUT2D eigenvalue weighted by Gasteiger charge is -2.28. The van der Waals surface area contributed by atoms with Crippen molar-refractivity contribution in [2.24, 2.45) is 0 Å². The van der Waals surface area contributed by atoms with E-state index in [4.69, 9.17) is 17.0 Å². The molecule has 4 heterocycles. The molecular weight excluding hydrogens is 348 g/mol. The molecule has 26 heavy (non-hydrogen) atoms. The molecular formula is C19H24N4O2S. The average Bonchev–Trinajstić information content (AvgIpc) is 3.39. The Bertz CT molecular complexity index is 745. The molecule has 0 spiro atoms. The quantitative estimate of drug-likeness (QED) is 0.757. The van der Waals surface area contributed by atoms with Gasteiger partial charge in [-0.2, -0.15) is 0 Å². The molecule has 2 aromatic rings. The Morgan fingerprint density at radius 3 is 2.96 bits per heavy atom. The topological polar surface area (TPSA) is 62.5 Å².